The van der Waals surface area contributed by atoms with Gasteiger partial charge in [-0.05, 0) is 27.2 Å². The molecule has 126 valence electrons. The second-order valence-electron chi connectivity index (χ2n) is 4.56. The average molecular weight is 322 g/mol. The van der Waals surface area contributed by atoms with Crippen molar-refractivity contribution >= 4 is 7.82 Å². The number of hydrogen-bond acceptors (Lipinski definition) is 6. The quantitative estimate of drug-likeness (QED) is 0.604. The summed E-state index contributed by atoms with van der Waals surface area (Å²) in [5.41, 5.74) is 0. The van der Waals surface area contributed by atoms with Gasteiger partial charge in [-0.2, -0.15) is 0 Å². The number of unbranched alkanes of at least 4 members (excludes halogenated alkanes) is 1. The van der Waals surface area contributed by atoms with Crippen LogP contribution >= 0.6 is 7.82 Å². The highest BCUT2D eigenvalue weighted by Gasteiger charge is 2.23. The highest BCUT2D eigenvalue weighted by atomic mass is 31.2. The van der Waals surface area contributed by atoms with Gasteiger partial charge in [-0.1, -0.05) is 13.3 Å². The molecule has 0 aromatic heterocycles. The smallest absolute Gasteiger partial charge is 0.362 e. The largest absolute Gasteiger partial charge is 0.474 e. The zero-order valence-electron chi connectivity index (χ0n) is 14.1. The summed E-state index contributed by atoms with van der Waals surface area (Å²) < 4.78 is 25.8. The summed E-state index contributed by atoms with van der Waals surface area (Å²) in [7, 11) is -1.12. The Balaban J connectivity index is 0.000000382. The van der Waals surface area contributed by atoms with Crippen molar-refractivity contribution in [2.45, 2.75) is 40.5 Å². The Morgan fingerprint density at radius 3 is 1.86 bits per heavy atom. The van der Waals surface area contributed by atoms with Crippen LogP contribution in [0.5, 0.6) is 0 Å². The molecule has 0 amide bonds. The molecule has 1 aliphatic rings. The van der Waals surface area contributed by atoms with Crippen LogP contribution in [-0.4, -0.2) is 49.9 Å². The highest BCUT2D eigenvalue weighted by molar-refractivity contribution is 7.48. The normalized spacial score (nSPS) is 14.3. The number of phosphoric acid groups is 1. The van der Waals surface area contributed by atoms with Gasteiger partial charge in [-0.15, -0.1) is 0 Å². The van der Waals surface area contributed by atoms with Gasteiger partial charge in [-0.3, -0.25) is 13.6 Å². The lowest BCUT2D eigenvalue weighted by atomic mass is 10.3. The van der Waals surface area contributed by atoms with Crippen molar-refractivity contribution in [1.29, 1.82) is 0 Å². The first-order valence-corrected chi connectivity index (χ1v) is 9.13. The van der Waals surface area contributed by atoms with Crippen molar-refractivity contribution < 1.29 is 18.1 Å². The summed E-state index contributed by atoms with van der Waals surface area (Å²) in [6.45, 7) is 10.7. The molecular formula is C14H31N2O4P. The molecule has 0 aromatic carbocycles. The number of hydrogen-bond donors (Lipinski definition) is 0. The predicted octanol–water partition coefficient (Wildman–Crippen LogP) is 3.67. The zero-order chi connectivity index (χ0) is 16.1. The first-order valence-electron chi connectivity index (χ1n) is 7.67. The molecule has 1 aliphatic heterocycles. The maximum atomic E-state index is 11.3. The first-order chi connectivity index (χ1) is 10.0. The molecule has 7 heteroatoms. The minimum atomic E-state index is -3.22. The third-order valence-corrected chi connectivity index (χ3v) is 4.32. The van der Waals surface area contributed by atoms with E-state index in [1.165, 1.54) is 19.4 Å². The number of phosphoric ester groups is 1. The van der Waals surface area contributed by atoms with E-state index in [1.807, 2.05) is 0 Å². The molecule has 0 bridgehead atoms. The fourth-order valence-electron chi connectivity index (χ4n) is 1.68. The van der Waals surface area contributed by atoms with Crippen LogP contribution in [0.2, 0.25) is 0 Å². The molecule has 0 aromatic rings. The van der Waals surface area contributed by atoms with E-state index in [-0.39, 0.29) is 0 Å². The lowest BCUT2D eigenvalue weighted by Gasteiger charge is -2.17. The van der Waals surface area contributed by atoms with E-state index < -0.39 is 7.82 Å². The Morgan fingerprint density at radius 1 is 1.00 bits per heavy atom. The maximum Gasteiger partial charge on any atom is 0.474 e. The molecule has 0 spiro atoms. The van der Waals surface area contributed by atoms with E-state index >= 15 is 0 Å². The zero-order valence-corrected chi connectivity index (χ0v) is 15.0. The van der Waals surface area contributed by atoms with Crippen LogP contribution in [0, 0.1) is 0 Å². The summed E-state index contributed by atoms with van der Waals surface area (Å²) in [6, 6.07) is 0. The van der Waals surface area contributed by atoms with Crippen molar-refractivity contribution in [1.82, 2.24) is 9.80 Å². The Kier molecular flexibility index (Phi) is 11.7. The summed E-state index contributed by atoms with van der Waals surface area (Å²) in [4.78, 5) is 4.53. The molecule has 0 fully saturated rings. The van der Waals surface area contributed by atoms with E-state index in [0.717, 1.165) is 6.67 Å². The van der Waals surface area contributed by atoms with E-state index in [9.17, 15) is 4.57 Å². The first kappa shape index (κ1) is 20.5. The van der Waals surface area contributed by atoms with Crippen LogP contribution in [0.15, 0.2) is 12.4 Å². The van der Waals surface area contributed by atoms with Crippen LogP contribution in [-0.2, 0) is 18.1 Å². The highest BCUT2D eigenvalue weighted by Crippen LogP contribution is 2.48. The van der Waals surface area contributed by atoms with Gasteiger partial charge in [0.25, 0.3) is 0 Å². The van der Waals surface area contributed by atoms with Gasteiger partial charge in [0.1, 0.15) is 0 Å². The van der Waals surface area contributed by atoms with Gasteiger partial charge in [-0.25, -0.2) is 4.57 Å². The van der Waals surface area contributed by atoms with Gasteiger partial charge in [0.05, 0.1) is 26.5 Å². The Bertz CT molecular complexity index is 302. The predicted molar refractivity (Wildman–Crippen MR) is 85.9 cm³/mol. The molecule has 21 heavy (non-hydrogen) atoms. The molecule has 0 N–H and O–H groups in total. The van der Waals surface area contributed by atoms with Crippen LogP contribution in [0.1, 0.15) is 40.5 Å². The monoisotopic (exact) mass is 322 g/mol. The van der Waals surface area contributed by atoms with E-state index in [2.05, 4.69) is 36.2 Å². The van der Waals surface area contributed by atoms with Gasteiger partial charge in [0.15, 0.2) is 0 Å². The van der Waals surface area contributed by atoms with Crippen molar-refractivity contribution in [3.63, 3.8) is 0 Å². The number of rotatable bonds is 9. The average Bonchev–Trinajstić information content (AvgIpc) is 2.83. The Hall–Kier alpha value is -0.550. The fourth-order valence-corrected chi connectivity index (χ4v) is 2.85. The summed E-state index contributed by atoms with van der Waals surface area (Å²) in [5.74, 6) is 0. The van der Waals surface area contributed by atoms with Crippen LogP contribution < -0.4 is 0 Å². The van der Waals surface area contributed by atoms with Gasteiger partial charge < -0.3 is 9.80 Å². The third-order valence-electron chi connectivity index (χ3n) is 2.60. The molecular weight excluding hydrogens is 291 g/mol. The molecule has 0 radical (unpaired) electrons. The molecule has 6 nitrogen and oxygen atoms in total. The van der Waals surface area contributed by atoms with Gasteiger partial charge >= 0.3 is 7.82 Å². The number of nitrogens with zero attached hydrogens (tertiary/aromatic N) is 2. The molecule has 1 rings (SSSR count). The van der Waals surface area contributed by atoms with Crippen LogP contribution in [0.3, 0.4) is 0 Å². The minimum Gasteiger partial charge on any atom is -0.362 e. The lowest BCUT2D eigenvalue weighted by molar-refractivity contribution is 0.126. The van der Waals surface area contributed by atoms with Gasteiger partial charge in [0.2, 0.25) is 0 Å². The van der Waals surface area contributed by atoms with Crippen LogP contribution in [0.4, 0.5) is 0 Å². The second-order valence-corrected chi connectivity index (χ2v) is 6.23. The second kappa shape index (κ2) is 12.0. The minimum absolute atomic E-state index is 0.331. The van der Waals surface area contributed by atoms with E-state index in [0.29, 0.717) is 19.8 Å². The van der Waals surface area contributed by atoms with Crippen molar-refractivity contribution in [2.24, 2.45) is 0 Å². The van der Waals surface area contributed by atoms with Crippen molar-refractivity contribution in [3.8, 4) is 0 Å². The van der Waals surface area contributed by atoms with Crippen molar-refractivity contribution in [2.75, 3.05) is 40.1 Å². The lowest BCUT2D eigenvalue weighted by Crippen LogP contribution is -2.23. The van der Waals surface area contributed by atoms with E-state index in [1.54, 1.807) is 20.8 Å². The van der Waals surface area contributed by atoms with Crippen LogP contribution in [0.25, 0.3) is 0 Å². The third kappa shape index (κ3) is 9.91. The standard InChI is InChI=1S/C8H16N2.C6H15O4P/c1-3-4-5-10-7-6-9(2)8-10;1-4-8-11(7,9-5-2)10-6-3/h6-7H,3-5,8H2,1-2H3;4-6H2,1-3H3. The van der Waals surface area contributed by atoms with E-state index in [4.69, 9.17) is 13.6 Å². The SMILES string of the molecule is CCCCN1C=CN(C)C1.CCOP(=O)(OCC)OCC. The molecule has 0 atom stereocenters. The molecule has 0 saturated heterocycles. The summed E-state index contributed by atoms with van der Waals surface area (Å²) in [5, 5.41) is 0. The molecule has 0 saturated carbocycles. The summed E-state index contributed by atoms with van der Waals surface area (Å²) >= 11 is 0. The molecule has 0 unspecified atom stereocenters. The fraction of sp³-hybridized carbons (Fsp3) is 0.857. The molecule has 0 aliphatic carbocycles. The summed E-state index contributed by atoms with van der Waals surface area (Å²) in [6.07, 6.45) is 6.87. The Labute approximate surface area is 129 Å². The maximum absolute atomic E-state index is 11.3. The Morgan fingerprint density at radius 2 is 1.52 bits per heavy atom. The molecule has 1 heterocycles. The van der Waals surface area contributed by atoms with Gasteiger partial charge in [0, 0.05) is 26.0 Å². The topological polar surface area (TPSA) is 51.2 Å². The van der Waals surface area contributed by atoms with Crippen molar-refractivity contribution in [3.05, 3.63) is 12.4 Å².